The molecule has 19 heavy (non-hydrogen) atoms. The molecule has 0 aromatic carbocycles. The van der Waals surface area contributed by atoms with Crippen LogP contribution in [0.3, 0.4) is 0 Å². The summed E-state index contributed by atoms with van der Waals surface area (Å²) in [6.07, 6.45) is 5.30. The molecule has 0 radical (unpaired) electrons. The van der Waals surface area contributed by atoms with Gasteiger partial charge in [-0.25, -0.2) is 4.52 Å². The van der Waals surface area contributed by atoms with Crippen molar-refractivity contribution in [1.82, 2.24) is 24.0 Å². The molecule has 0 atom stereocenters. The minimum absolute atomic E-state index is 0.0526. The number of nitrogen functional groups attached to an aromatic ring is 1. The summed E-state index contributed by atoms with van der Waals surface area (Å²) in [7, 11) is 0. The van der Waals surface area contributed by atoms with Crippen LogP contribution in [0.2, 0.25) is 0 Å². The van der Waals surface area contributed by atoms with Crippen molar-refractivity contribution in [3.63, 3.8) is 0 Å². The van der Waals surface area contributed by atoms with Crippen molar-refractivity contribution in [2.24, 2.45) is 0 Å². The van der Waals surface area contributed by atoms with E-state index >= 15 is 0 Å². The second-order valence-corrected chi connectivity index (χ2v) is 4.42. The highest BCUT2D eigenvalue weighted by Gasteiger charge is 2.05. The van der Waals surface area contributed by atoms with Crippen LogP contribution in [0.15, 0.2) is 35.5 Å². The SMILES string of the molecule is Cc1cc2c(=O)n(CCn3ccc(N)n3)ccn2n1. The van der Waals surface area contributed by atoms with E-state index in [9.17, 15) is 4.79 Å². The molecule has 0 fully saturated rings. The largest absolute Gasteiger partial charge is 0.382 e. The lowest BCUT2D eigenvalue weighted by molar-refractivity contribution is 0.524. The maximum atomic E-state index is 12.2. The minimum atomic E-state index is -0.0526. The van der Waals surface area contributed by atoms with E-state index in [1.165, 1.54) is 0 Å². The molecule has 3 aromatic heterocycles. The van der Waals surface area contributed by atoms with Gasteiger partial charge in [0.25, 0.3) is 5.56 Å². The third-order valence-corrected chi connectivity index (χ3v) is 2.96. The van der Waals surface area contributed by atoms with E-state index < -0.39 is 0 Å². The van der Waals surface area contributed by atoms with Gasteiger partial charge in [-0.1, -0.05) is 0 Å². The molecular weight excluding hydrogens is 244 g/mol. The summed E-state index contributed by atoms with van der Waals surface area (Å²) >= 11 is 0. The standard InChI is InChI=1S/C12H14N6O/c1-9-8-10-12(19)16(5-7-18(10)14-9)4-6-17-3-2-11(13)15-17/h2-3,5,7-8H,4,6H2,1H3,(H2,13,15). The highest BCUT2D eigenvalue weighted by Crippen LogP contribution is 2.01. The van der Waals surface area contributed by atoms with E-state index in [1.54, 1.807) is 44.5 Å². The summed E-state index contributed by atoms with van der Waals surface area (Å²) in [5.74, 6) is 0.481. The van der Waals surface area contributed by atoms with Gasteiger partial charge >= 0.3 is 0 Å². The molecular formula is C12H14N6O. The molecule has 0 bridgehead atoms. The fourth-order valence-corrected chi connectivity index (χ4v) is 2.04. The third kappa shape index (κ3) is 2.10. The third-order valence-electron chi connectivity index (χ3n) is 2.96. The first-order chi connectivity index (χ1) is 9.13. The zero-order chi connectivity index (χ0) is 13.4. The Balaban J connectivity index is 1.88. The van der Waals surface area contributed by atoms with E-state index in [-0.39, 0.29) is 5.56 Å². The second kappa shape index (κ2) is 4.27. The molecule has 0 saturated carbocycles. The van der Waals surface area contributed by atoms with E-state index in [4.69, 9.17) is 5.73 Å². The van der Waals surface area contributed by atoms with E-state index in [2.05, 4.69) is 10.2 Å². The Morgan fingerprint density at radius 1 is 1.21 bits per heavy atom. The lowest BCUT2D eigenvalue weighted by atomic mass is 10.4. The van der Waals surface area contributed by atoms with Crippen molar-refractivity contribution >= 4 is 11.3 Å². The number of hydrogen-bond donors (Lipinski definition) is 1. The van der Waals surface area contributed by atoms with Crippen molar-refractivity contribution in [2.45, 2.75) is 20.0 Å². The van der Waals surface area contributed by atoms with Gasteiger partial charge in [0.2, 0.25) is 0 Å². The van der Waals surface area contributed by atoms with Crippen LogP contribution in [0.4, 0.5) is 5.82 Å². The first-order valence-corrected chi connectivity index (χ1v) is 5.98. The fraction of sp³-hybridized carbons (Fsp3) is 0.250. The summed E-state index contributed by atoms with van der Waals surface area (Å²) in [5, 5.41) is 8.29. The van der Waals surface area contributed by atoms with Gasteiger partial charge in [-0.05, 0) is 19.1 Å². The van der Waals surface area contributed by atoms with Crippen LogP contribution in [0.1, 0.15) is 5.69 Å². The summed E-state index contributed by atoms with van der Waals surface area (Å²) in [6, 6.07) is 3.51. The van der Waals surface area contributed by atoms with E-state index in [1.807, 2.05) is 6.92 Å². The molecule has 0 spiro atoms. The number of hydrogen-bond acceptors (Lipinski definition) is 4. The quantitative estimate of drug-likeness (QED) is 0.731. The summed E-state index contributed by atoms with van der Waals surface area (Å²) < 4.78 is 4.96. The Labute approximate surface area is 108 Å². The predicted molar refractivity (Wildman–Crippen MR) is 70.8 cm³/mol. The number of nitrogens with zero attached hydrogens (tertiary/aromatic N) is 5. The Kier molecular flexibility index (Phi) is 2.59. The Bertz CT molecular complexity index is 781. The summed E-state index contributed by atoms with van der Waals surface area (Å²) in [6.45, 7) is 3.00. The van der Waals surface area contributed by atoms with Crippen LogP contribution in [0, 0.1) is 6.92 Å². The number of aryl methyl sites for hydroxylation is 3. The highest BCUT2D eigenvalue weighted by molar-refractivity contribution is 5.44. The first kappa shape index (κ1) is 11.5. The molecule has 3 heterocycles. The Morgan fingerprint density at radius 2 is 2.05 bits per heavy atom. The Morgan fingerprint density at radius 3 is 2.79 bits per heavy atom. The van der Waals surface area contributed by atoms with Gasteiger partial charge < -0.3 is 10.3 Å². The van der Waals surface area contributed by atoms with E-state index in [0.717, 1.165) is 5.69 Å². The van der Waals surface area contributed by atoms with Crippen molar-refractivity contribution < 1.29 is 0 Å². The summed E-state index contributed by atoms with van der Waals surface area (Å²) in [4.78, 5) is 12.2. The van der Waals surface area contributed by atoms with Crippen LogP contribution in [-0.4, -0.2) is 24.0 Å². The maximum absolute atomic E-state index is 12.2. The van der Waals surface area contributed by atoms with E-state index in [0.29, 0.717) is 24.4 Å². The normalized spacial score (nSPS) is 11.2. The van der Waals surface area contributed by atoms with Crippen LogP contribution in [0.5, 0.6) is 0 Å². The van der Waals surface area contributed by atoms with Crippen LogP contribution in [-0.2, 0) is 13.1 Å². The average Bonchev–Trinajstić information content (AvgIpc) is 2.94. The zero-order valence-electron chi connectivity index (χ0n) is 10.5. The lowest BCUT2D eigenvalue weighted by Gasteiger charge is -2.06. The zero-order valence-corrected chi connectivity index (χ0v) is 10.5. The molecule has 0 saturated heterocycles. The van der Waals surface area contributed by atoms with Crippen molar-refractivity contribution in [3.05, 3.63) is 46.8 Å². The molecule has 3 aromatic rings. The molecule has 0 amide bonds. The predicted octanol–water partition coefficient (Wildman–Crippen LogP) is 0.283. The molecule has 2 N–H and O–H groups in total. The van der Waals surface area contributed by atoms with Crippen molar-refractivity contribution in [2.75, 3.05) is 5.73 Å². The molecule has 0 aliphatic heterocycles. The molecule has 7 nitrogen and oxygen atoms in total. The van der Waals surface area contributed by atoms with Gasteiger partial charge in [-0.3, -0.25) is 9.48 Å². The molecule has 0 unspecified atom stereocenters. The van der Waals surface area contributed by atoms with Gasteiger partial charge in [0, 0.05) is 25.1 Å². The monoisotopic (exact) mass is 258 g/mol. The second-order valence-electron chi connectivity index (χ2n) is 4.42. The molecule has 3 rings (SSSR count). The molecule has 98 valence electrons. The first-order valence-electron chi connectivity index (χ1n) is 5.98. The van der Waals surface area contributed by atoms with Crippen molar-refractivity contribution in [3.8, 4) is 0 Å². The Hall–Kier alpha value is -2.57. The highest BCUT2D eigenvalue weighted by atomic mass is 16.1. The summed E-state index contributed by atoms with van der Waals surface area (Å²) in [5.41, 5.74) is 6.90. The number of fused-ring (bicyclic) bond motifs is 1. The fourth-order valence-electron chi connectivity index (χ4n) is 2.04. The molecule has 7 heteroatoms. The number of rotatable bonds is 3. The van der Waals surface area contributed by atoms with Gasteiger partial charge in [0.05, 0.1) is 12.2 Å². The average molecular weight is 258 g/mol. The molecule has 0 aliphatic rings. The van der Waals surface area contributed by atoms with Gasteiger partial charge in [0.1, 0.15) is 11.3 Å². The van der Waals surface area contributed by atoms with Gasteiger partial charge in [0.15, 0.2) is 0 Å². The van der Waals surface area contributed by atoms with Crippen molar-refractivity contribution in [1.29, 1.82) is 0 Å². The van der Waals surface area contributed by atoms with Crippen LogP contribution in [0.25, 0.3) is 5.52 Å². The lowest BCUT2D eigenvalue weighted by Crippen LogP contribution is -2.23. The topological polar surface area (TPSA) is 83.1 Å². The minimum Gasteiger partial charge on any atom is -0.382 e. The van der Waals surface area contributed by atoms with Crippen LogP contribution >= 0.6 is 0 Å². The number of nitrogens with two attached hydrogens (primary N) is 1. The molecule has 0 aliphatic carbocycles. The number of anilines is 1. The maximum Gasteiger partial charge on any atom is 0.276 e. The smallest absolute Gasteiger partial charge is 0.276 e. The van der Waals surface area contributed by atoms with Gasteiger partial charge in [-0.2, -0.15) is 10.2 Å². The van der Waals surface area contributed by atoms with Gasteiger partial charge in [-0.15, -0.1) is 0 Å². The number of aromatic nitrogens is 5. The van der Waals surface area contributed by atoms with Crippen LogP contribution < -0.4 is 11.3 Å².